The van der Waals surface area contributed by atoms with Crippen molar-refractivity contribution in [3.05, 3.63) is 27.2 Å². The highest BCUT2D eigenvalue weighted by Crippen LogP contribution is 2.38. The average molecular weight is 284 g/mol. The summed E-state index contributed by atoms with van der Waals surface area (Å²) in [6.45, 7) is 6.11. The fourth-order valence-electron chi connectivity index (χ4n) is 2.48. The van der Waals surface area contributed by atoms with Crippen molar-refractivity contribution in [2.24, 2.45) is 0 Å². The zero-order valence-electron chi connectivity index (χ0n) is 9.81. The quantitative estimate of drug-likeness (QED) is 0.829. The largest absolute Gasteiger partial charge is 0.507 e. The first-order valence-corrected chi connectivity index (χ1v) is 6.60. The van der Waals surface area contributed by atoms with Crippen molar-refractivity contribution in [3.8, 4) is 5.75 Å². The topological polar surface area (TPSA) is 32.3 Å². The van der Waals surface area contributed by atoms with Gasteiger partial charge in [-0.3, -0.25) is 0 Å². The number of phenols is 1. The summed E-state index contributed by atoms with van der Waals surface area (Å²) in [6, 6.07) is 1.99. The molecule has 1 aromatic carbocycles. The van der Waals surface area contributed by atoms with Gasteiger partial charge in [-0.2, -0.15) is 0 Å². The number of benzene rings is 1. The van der Waals surface area contributed by atoms with Crippen molar-refractivity contribution in [2.45, 2.75) is 32.6 Å². The van der Waals surface area contributed by atoms with Crippen LogP contribution in [0.5, 0.6) is 5.75 Å². The van der Waals surface area contributed by atoms with Crippen molar-refractivity contribution in [1.29, 1.82) is 0 Å². The Labute approximate surface area is 105 Å². The third-order valence-electron chi connectivity index (χ3n) is 3.44. The van der Waals surface area contributed by atoms with Gasteiger partial charge < -0.3 is 10.4 Å². The summed E-state index contributed by atoms with van der Waals surface area (Å²) in [7, 11) is 0. The molecule has 2 rings (SSSR count). The van der Waals surface area contributed by atoms with Gasteiger partial charge in [0.1, 0.15) is 5.75 Å². The van der Waals surface area contributed by atoms with E-state index in [0.29, 0.717) is 11.7 Å². The SMILES string of the molecule is Cc1cc(Br)c(C)c(C2CCCNC2)c1O. The molecule has 88 valence electrons. The minimum absolute atomic E-state index is 0.449. The highest BCUT2D eigenvalue weighted by Gasteiger charge is 2.22. The maximum atomic E-state index is 10.2. The highest BCUT2D eigenvalue weighted by molar-refractivity contribution is 9.10. The van der Waals surface area contributed by atoms with E-state index in [1.165, 1.54) is 12.0 Å². The number of hydrogen-bond donors (Lipinski definition) is 2. The van der Waals surface area contributed by atoms with Crippen LogP contribution in [-0.2, 0) is 0 Å². The van der Waals surface area contributed by atoms with Gasteiger partial charge in [0.15, 0.2) is 0 Å². The van der Waals surface area contributed by atoms with E-state index in [1.54, 1.807) is 0 Å². The third kappa shape index (κ3) is 2.11. The lowest BCUT2D eigenvalue weighted by Gasteiger charge is -2.26. The number of nitrogens with one attached hydrogen (secondary N) is 1. The molecule has 1 atom stereocenters. The molecule has 16 heavy (non-hydrogen) atoms. The molecule has 0 amide bonds. The molecule has 1 aliphatic heterocycles. The molecule has 1 heterocycles. The van der Waals surface area contributed by atoms with Crippen LogP contribution in [0.15, 0.2) is 10.5 Å². The second kappa shape index (κ2) is 4.76. The van der Waals surface area contributed by atoms with Gasteiger partial charge >= 0.3 is 0 Å². The van der Waals surface area contributed by atoms with Crippen molar-refractivity contribution in [1.82, 2.24) is 5.32 Å². The Morgan fingerprint density at radius 2 is 2.19 bits per heavy atom. The monoisotopic (exact) mass is 283 g/mol. The van der Waals surface area contributed by atoms with E-state index >= 15 is 0 Å². The van der Waals surface area contributed by atoms with Gasteiger partial charge in [-0.1, -0.05) is 15.9 Å². The van der Waals surface area contributed by atoms with Crippen LogP contribution in [0.4, 0.5) is 0 Å². The first kappa shape index (κ1) is 11.9. The second-order valence-corrected chi connectivity index (χ2v) is 5.46. The zero-order valence-corrected chi connectivity index (χ0v) is 11.4. The van der Waals surface area contributed by atoms with Gasteiger partial charge in [0.25, 0.3) is 0 Å². The molecule has 2 N–H and O–H groups in total. The van der Waals surface area contributed by atoms with E-state index in [4.69, 9.17) is 0 Å². The van der Waals surface area contributed by atoms with Crippen molar-refractivity contribution < 1.29 is 5.11 Å². The van der Waals surface area contributed by atoms with Crippen LogP contribution >= 0.6 is 15.9 Å². The van der Waals surface area contributed by atoms with Crippen LogP contribution in [0.25, 0.3) is 0 Å². The number of phenolic OH excluding ortho intramolecular Hbond substituents is 1. The van der Waals surface area contributed by atoms with E-state index < -0.39 is 0 Å². The number of aryl methyl sites for hydroxylation is 1. The van der Waals surface area contributed by atoms with E-state index in [2.05, 4.69) is 28.2 Å². The summed E-state index contributed by atoms with van der Waals surface area (Å²) < 4.78 is 1.10. The predicted molar refractivity (Wildman–Crippen MR) is 70.1 cm³/mol. The van der Waals surface area contributed by atoms with Crippen LogP contribution in [0.3, 0.4) is 0 Å². The maximum absolute atomic E-state index is 10.2. The number of piperidine rings is 1. The van der Waals surface area contributed by atoms with Crippen molar-refractivity contribution in [2.75, 3.05) is 13.1 Å². The van der Waals surface area contributed by atoms with Crippen LogP contribution in [0, 0.1) is 13.8 Å². The highest BCUT2D eigenvalue weighted by atomic mass is 79.9. The molecular formula is C13H18BrNO. The first-order valence-electron chi connectivity index (χ1n) is 5.80. The molecular weight excluding hydrogens is 266 g/mol. The second-order valence-electron chi connectivity index (χ2n) is 4.61. The van der Waals surface area contributed by atoms with E-state index in [9.17, 15) is 5.11 Å². The molecule has 0 aromatic heterocycles. The molecule has 1 unspecified atom stereocenters. The minimum atomic E-state index is 0.449. The molecule has 2 nitrogen and oxygen atoms in total. The van der Waals surface area contributed by atoms with E-state index in [1.807, 2.05) is 13.0 Å². The average Bonchev–Trinajstić information content (AvgIpc) is 2.28. The molecule has 0 bridgehead atoms. The number of rotatable bonds is 1. The van der Waals surface area contributed by atoms with Crippen LogP contribution in [0.1, 0.15) is 35.4 Å². The summed E-state index contributed by atoms with van der Waals surface area (Å²) in [4.78, 5) is 0. The Morgan fingerprint density at radius 1 is 1.44 bits per heavy atom. The van der Waals surface area contributed by atoms with E-state index in [-0.39, 0.29) is 0 Å². The standard InChI is InChI=1S/C13H18BrNO/c1-8-6-11(14)9(2)12(13(8)16)10-4-3-5-15-7-10/h6,10,15-16H,3-5,7H2,1-2H3. The summed E-state index contributed by atoms with van der Waals surface area (Å²) in [5, 5.41) is 13.6. The normalized spacial score (nSPS) is 21.1. The molecule has 1 fully saturated rings. The zero-order chi connectivity index (χ0) is 11.7. The molecule has 0 saturated carbocycles. The Morgan fingerprint density at radius 3 is 2.81 bits per heavy atom. The number of aromatic hydroxyl groups is 1. The Kier molecular flexibility index (Phi) is 3.55. The summed E-state index contributed by atoms with van der Waals surface area (Å²) in [6.07, 6.45) is 2.35. The van der Waals surface area contributed by atoms with Gasteiger partial charge in [-0.15, -0.1) is 0 Å². The van der Waals surface area contributed by atoms with Crippen molar-refractivity contribution >= 4 is 15.9 Å². The summed E-state index contributed by atoms with van der Waals surface area (Å²) in [5.74, 6) is 0.930. The third-order valence-corrected chi connectivity index (χ3v) is 4.26. The molecule has 0 aliphatic carbocycles. The van der Waals surface area contributed by atoms with E-state index in [0.717, 1.165) is 35.1 Å². The molecule has 0 radical (unpaired) electrons. The minimum Gasteiger partial charge on any atom is -0.507 e. The van der Waals surface area contributed by atoms with Gasteiger partial charge in [-0.25, -0.2) is 0 Å². The lowest BCUT2D eigenvalue weighted by atomic mass is 9.87. The Bertz CT molecular complexity index is 371. The van der Waals surface area contributed by atoms with Crippen molar-refractivity contribution in [3.63, 3.8) is 0 Å². The van der Waals surface area contributed by atoms with Crippen LogP contribution in [0.2, 0.25) is 0 Å². The van der Waals surface area contributed by atoms with Crippen LogP contribution < -0.4 is 5.32 Å². The molecule has 1 aliphatic rings. The van der Waals surface area contributed by atoms with Crippen LogP contribution in [-0.4, -0.2) is 18.2 Å². The summed E-state index contributed by atoms with van der Waals surface area (Å²) in [5.41, 5.74) is 3.26. The number of hydrogen-bond acceptors (Lipinski definition) is 2. The molecule has 3 heteroatoms. The molecule has 1 aromatic rings. The van der Waals surface area contributed by atoms with Gasteiger partial charge in [0.2, 0.25) is 0 Å². The number of halogens is 1. The molecule has 1 saturated heterocycles. The fraction of sp³-hybridized carbons (Fsp3) is 0.538. The maximum Gasteiger partial charge on any atom is 0.122 e. The lowest BCUT2D eigenvalue weighted by Crippen LogP contribution is -2.28. The lowest BCUT2D eigenvalue weighted by molar-refractivity contribution is 0.421. The smallest absolute Gasteiger partial charge is 0.122 e. The van der Waals surface area contributed by atoms with Gasteiger partial charge in [0, 0.05) is 22.5 Å². The Hall–Kier alpha value is -0.540. The predicted octanol–water partition coefficient (Wildman–Crippen LogP) is 3.24. The van der Waals surface area contributed by atoms with Gasteiger partial charge in [0.05, 0.1) is 0 Å². The first-order chi connectivity index (χ1) is 7.61. The summed E-state index contributed by atoms with van der Waals surface area (Å²) >= 11 is 3.57. The van der Waals surface area contributed by atoms with Gasteiger partial charge in [-0.05, 0) is 50.4 Å². The fourth-order valence-corrected chi connectivity index (χ4v) is 3.04. The Balaban J connectivity index is 2.45. The molecule has 0 spiro atoms.